The lowest BCUT2D eigenvalue weighted by molar-refractivity contribution is -0.0687. The van der Waals surface area contributed by atoms with Gasteiger partial charge in [0.25, 0.3) is 0 Å². The predicted molar refractivity (Wildman–Crippen MR) is 75.9 cm³/mol. The van der Waals surface area contributed by atoms with E-state index >= 15 is 0 Å². The minimum atomic E-state index is 0.525. The van der Waals surface area contributed by atoms with Gasteiger partial charge >= 0.3 is 0 Å². The van der Waals surface area contributed by atoms with E-state index in [0.29, 0.717) is 18.2 Å². The van der Waals surface area contributed by atoms with E-state index in [1.807, 2.05) is 0 Å². The van der Waals surface area contributed by atoms with Gasteiger partial charge in [-0.2, -0.15) is 0 Å². The third kappa shape index (κ3) is 3.69. The molecule has 2 fully saturated rings. The van der Waals surface area contributed by atoms with E-state index in [2.05, 4.69) is 31.0 Å². The van der Waals surface area contributed by atoms with Crippen molar-refractivity contribution in [1.29, 1.82) is 0 Å². The minimum absolute atomic E-state index is 0.525. The van der Waals surface area contributed by atoms with Crippen LogP contribution in [0.1, 0.15) is 46.5 Å². The molecule has 3 heteroatoms. The molecule has 2 rings (SSSR count). The summed E-state index contributed by atoms with van der Waals surface area (Å²) < 4.78 is 5.88. The van der Waals surface area contributed by atoms with Crippen LogP contribution < -0.4 is 5.32 Å². The van der Waals surface area contributed by atoms with Crippen molar-refractivity contribution in [3.8, 4) is 0 Å². The number of hydrogen-bond acceptors (Lipinski definition) is 3. The molecule has 0 aromatic heterocycles. The highest BCUT2D eigenvalue weighted by Crippen LogP contribution is 2.30. The standard InChI is InChI=1S/C15H30N2O/c1-12(2)7-8-16-11-13(3)17-9-10-18-15-6-4-5-14(15)17/h12-16H,4-11H2,1-3H3. The number of nitrogens with zero attached hydrogens (tertiary/aromatic N) is 1. The van der Waals surface area contributed by atoms with Crippen molar-refractivity contribution >= 4 is 0 Å². The first-order valence-electron chi connectivity index (χ1n) is 7.76. The van der Waals surface area contributed by atoms with Gasteiger partial charge in [-0.25, -0.2) is 0 Å². The van der Waals surface area contributed by atoms with E-state index in [4.69, 9.17) is 4.74 Å². The lowest BCUT2D eigenvalue weighted by atomic mass is 10.1. The second kappa shape index (κ2) is 6.88. The van der Waals surface area contributed by atoms with Gasteiger partial charge in [-0.15, -0.1) is 0 Å². The Labute approximate surface area is 112 Å². The molecule has 0 aromatic carbocycles. The van der Waals surface area contributed by atoms with Crippen LogP contribution >= 0.6 is 0 Å². The van der Waals surface area contributed by atoms with Gasteiger partial charge in [0.1, 0.15) is 0 Å². The fourth-order valence-corrected chi connectivity index (χ4v) is 3.32. The molecule has 3 atom stereocenters. The van der Waals surface area contributed by atoms with Crippen LogP contribution in [-0.4, -0.2) is 49.3 Å². The molecular weight excluding hydrogens is 224 g/mol. The molecule has 1 aliphatic carbocycles. The van der Waals surface area contributed by atoms with E-state index < -0.39 is 0 Å². The monoisotopic (exact) mass is 254 g/mol. The molecule has 1 N–H and O–H groups in total. The lowest BCUT2D eigenvalue weighted by Gasteiger charge is -2.41. The Morgan fingerprint density at radius 2 is 2.11 bits per heavy atom. The summed E-state index contributed by atoms with van der Waals surface area (Å²) in [6, 6.07) is 1.34. The van der Waals surface area contributed by atoms with Gasteiger partial charge < -0.3 is 10.1 Å². The van der Waals surface area contributed by atoms with Crippen molar-refractivity contribution in [3.63, 3.8) is 0 Å². The van der Waals surface area contributed by atoms with Crippen molar-refractivity contribution in [2.75, 3.05) is 26.2 Å². The molecule has 0 aromatic rings. The number of nitrogens with one attached hydrogen (secondary N) is 1. The van der Waals surface area contributed by atoms with E-state index in [0.717, 1.165) is 32.2 Å². The summed E-state index contributed by atoms with van der Waals surface area (Å²) >= 11 is 0. The van der Waals surface area contributed by atoms with Crippen LogP contribution in [0.25, 0.3) is 0 Å². The first kappa shape index (κ1) is 14.3. The van der Waals surface area contributed by atoms with Crippen LogP contribution in [0.4, 0.5) is 0 Å². The molecule has 1 saturated heterocycles. The lowest BCUT2D eigenvalue weighted by Crippen LogP contribution is -2.54. The smallest absolute Gasteiger partial charge is 0.0731 e. The fourth-order valence-electron chi connectivity index (χ4n) is 3.32. The highest BCUT2D eigenvalue weighted by molar-refractivity contribution is 4.91. The van der Waals surface area contributed by atoms with E-state index in [1.165, 1.54) is 25.7 Å². The summed E-state index contributed by atoms with van der Waals surface area (Å²) in [7, 11) is 0. The average molecular weight is 254 g/mol. The zero-order chi connectivity index (χ0) is 13.0. The Bertz CT molecular complexity index is 245. The van der Waals surface area contributed by atoms with E-state index in [1.54, 1.807) is 0 Å². The summed E-state index contributed by atoms with van der Waals surface area (Å²) in [6.07, 6.45) is 5.76. The van der Waals surface area contributed by atoms with Gasteiger partial charge in [-0.3, -0.25) is 4.90 Å². The number of ether oxygens (including phenoxy) is 1. The van der Waals surface area contributed by atoms with Gasteiger partial charge in [0, 0.05) is 25.2 Å². The number of fused-ring (bicyclic) bond motifs is 1. The van der Waals surface area contributed by atoms with Crippen LogP contribution in [0.5, 0.6) is 0 Å². The van der Waals surface area contributed by atoms with Gasteiger partial charge in [0.05, 0.1) is 12.7 Å². The van der Waals surface area contributed by atoms with Crippen LogP contribution in [0.15, 0.2) is 0 Å². The zero-order valence-corrected chi connectivity index (χ0v) is 12.3. The Kier molecular flexibility index (Phi) is 5.46. The second-order valence-electron chi connectivity index (χ2n) is 6.38. The molecule has 106 valence electrons. The molecule has 2 aliphatic rings. The molecular formula is C15H30N2O. The van der Waals surface area contributed by atoms with E-state index in [-0.39, 0.29) is 0 Å². The molecule has 1 saturated carbocycles. The van der Waals surface area contributed by atoms with Crippen LogP contribution in [0.3, 0.4) is 0 Å². The van der Waals surface area contributed by atoms with Crippen molar-refractivity contribution < 1.29 is 4.74 Å². The maximum Gasteiger partial charge on any atom is 0.0731 e. The van der Waals surface area contributed by atoms with Crippen LogP contribution in [0.2, 0.25) is 0 Å². The predicted octanol–water partition coefficient (Wildman–Crippen LogP) is 2.26. The maximum absolute atomic E-state index is 5.88. The quantitative estimate of drug-likeness (QED) is 0.736. The summed E-state index contributed by atoms with van der Waals surface area (Å²) in [4.78, 5) is 2.68. The summed E-state index contributed by atoms with van der Waals surface area (Å²) in [6.45, 7) is 11.3. The van der Waals surface area contributed by atoms with Gasteiger partial charge in [-0.05, 0) is 45.1 Å². The third-order valence-electron chi connectivity index (χ3n) is 4.43. The average Bonchev–Trinajstić information content (AvgIpc) is 2.82. The minimum Gasteiger partial charge on any atom is -0.375 e. The van der Waals surface area contributed by atoms with Crippen molar-refractivity contribution in [3.05, 3.63) is 0 Å². The van der Waals surface area contributed by atoms with Crippen molar-refractivity contribution in [2.24, 2.45) is 5.92 Å². The number of rotatable bonds is 6. The SMILES string of the molecule is CC(C)CCNCC(C)N1CCOC2CCCC21. The first-order chi connectivity index (χ1) is 8.68. The van der Waals surface area contributed by atoms with Crippen molar-refractivity contribution in [1.82, 2.24) is 10.2 Å². The Hall–Kier alpha value is -0.120. The molecule has 0 spiro atoms. The zero-order valence-electron chi connectivity index (χ0n) is 12.3. The van der Waals surface area contributed by atoms with Crippen molar-refractivity contribution in [2.45, 2.75) is 64.6 Å². The summed E-state index contributed by atoms with van der Waals surface area (Å²) in [5, 5.41) is 3.61. The number of morpholine rings is 1. The van der Waals surface area contributed by atoms with Gasteiger partial charge in [0.2, 0.25) is 0 Å². The molecule has 18 heavy (non-hydrogen) atoms. The van der Waals surface area contributed by atoms with Crippen LogP contribution in [0, 0.1) is 5.92 Å². The molecule has 1 aliphatic heterocycles. The highest BCUT2D eigenvalue weighted by atomic mass is 16.5. The van der Waals surface area contributed by atoms with E-state index in [9.17, 15) is 0 Å². The topological polar surface area (TPSA) is 24.5 Å². The molecule has 0 radical (unpaired) electrons. The molecule has 0 bridgehead atoms. The van der Waals surface area contributed by atoms with Crippen LogP contribution in [-0.2, 0) is 4.74 Å². The summed E-state index contributed by atoms with van der Waals surface area (Å²) in [5.41, 5.74) is 0. The molecule has 3 nitrogen and oxygen atoms in total. The summed E-state index contributed by atoms with van der Waals surface area (Å²) in [5.74, 6) is 0.801. The van der Waals surface area contributed by atoms with Gasteiger partial charge in [-0.1, -0.05) is 13.8 Å². The Morgan fingerprint density at radius 3 is 2.89 bits per heavy atom. The Morgan fingerprint density at radius 1 is 1.28 bits per heavy atom. The largest absolute Gasteiger partial charge is 0.375 e. The molecule has 1 heterocycles. The molecule has 0 amide bonds. The Balaban J connectivity index is 1.72. The number of hydrogen-bond donors (Lipinski definition) is 1. The fraction of sp³-hybridized carbons (Fsp3) is 1.00. The molecule has 3 unspecified atom stereocenters. The first-order valence-corrected chi connectivity index (χ1v) is 7.76. The third-order valence-corrected chi connectivity index (χ3v) is 4.43. The maximum atomic E-state index is 5.88. The highest BCUT2D eigenvalue weighted by Gasteiger charge is 2.37. The van der Waals surface area contributed by atoms with Gasteiger partial charge in [0.15, 0.2) is 0 Å². The second-order valence-corrected chi connectivity index (χ2v) is 6.38. The normalized spacial score (nSPS) is 30.7.